The fourth-order valence-electron chi connectivity index (χ4n) is 7.57. The number of methoxy groups -OCH3 is 1. The zero-order valence-electron chi connectivity index (χ0n) is 35.5. The number of Topliss-reactive ketones (excluding diaryl/α,β-unsaturated/α-hetero) is 2. The highest BCUT2D eigenvalue weighted by molar-refractivity contribution is 6.00. The second-order valence-corrected chi connectivity index (χ2v) is 15.9. The van der Waals surface area contributed by atoms with Gasteiger partial charge in [-0.1, -0.05) is 56.7 Å². The highest BCUT2D eigenvalue weighted by Gasteiger charge is 2.42. The van der Waals surface area contributed by atoms with Crippen molar-refractivity contribution in [2.24, 2.45) is 23.3 Å². The highest BCUT2D eigenvalue weighted by atomic mass is 16.7. The van der Waals surface area contributed by atoms with Crippen LogP contribution in [0.1, 0.15) is 107 Å². The van der Waals surface area contributed by atoms with Crippen molar-refractivity contribution < 1.29 is 43.1 Å². The number of nitrogens with two attached hydrogens (primary N) is 2. The van der Waals surface area contributed by atoms with E-state index in [1.165, 1.54) is 17.6 Å². The molecule has 15 heteroatoms. The second-order valence-electron chi connectivity index (χ2n) is 15.9. The predicted octanol–water partition coefficient (Wildman–Crippen LogP) is 3.65. The molecular weight excluding hydrogens is 769 g/mol. The van der Waals surface area contributed by atoms with Crippen LogP contribution in [0, 0.1) is 11.8 Å². The minimum atomic E-state index is -0.889. The zero-order chi connectivity index (χ0) is 43.6. The van der Waals surface area contributed by atoms with Crippen LogP contribution >= 0.6 is 0 Å². The van der Waals surface area contributed by atoms with Gasteiger partial charge in [-0.3, -0.25) is 33.6 Å². The lowest BCUT2D eigenvalue weighted by molar-refractivity contribution is -0.223. The smallest absolute Gasteiger partial charge is 0.334 e. The summed E-state index contributed by atoms with van der Waals surface area (Å²) in [7, 11) is 1.20. The first-order chi connectivity index (χ1) is 28.9. The third kappa shape index (κ3) is 13.8. The van der Waals surface area contributed by atoms with Crippen LogP contribution in [0.3, 0.4) is 0 Å². The maximum Gasteiger partial charge on any atom is 0.334 e. The summed E-state index contributed by atoms with van der Waals surface area (Å²) < 4.78 is 4.51. The van der Waals surface area contributed by atoms with Gasteiger partial charge in [-0.15, -0.1) is 0 Å². The van der Waals surface area contributed by atoms with Gasteiger partial charge in [0.05, 0.1) is 31.7 Å². The number of esters is 1. The Hall–Kier alpha value is -4.99. The molecule has 2 fully saturated rings. The normalized spacial score (nSPS) is 17.6. The Morgan fingerprint density at radius 3 is 2.08 bits per heavy atom. The van der Waals surface area contributed by atoms with Gasteiger partial charge in [0.25, 0.3) is 11.8 Å². The SMILES string of the molecule is CCCCc1ccc(-c2ccc(C(=O)N[C@@H](CCCCN)C(=O)N3CCC[C@H]3C(=O)C[C@@H](C)C(=O)N[C@@H](CCCCN)C(=O)C[C@@H]3CN(OCC(=O)OC)C3=O)cc2)cc1. The Morgan fingerprint density at radius 2 is 1.48 bits per heavy atom. The number of hydroxylamine groups is 2. The second kappa shape index (κ2) is 24.3. The molecule has 2 heterocycles. The molecule has 0 radical (unpaired) electrons. The van der Waals surface area contributed by atoms with Gasteiger partial charge < -0.3 is 31.7 Å². The van der Waals surface area contributed by atoms with Gasteiger partial charge in [-0.25, -0.2) is 9.86 Å². The number of benzene rings is 2. The van der Waals surface area contributed by atoms with E-state index >= 15 is 0 Å². The molecule has 15 nitrogen and oxygen atoms in total. The molecule has 0 saturated carbocycles. The van der Waals surface area contributed by atoms with Gasteiger partial charge in [0, 0.05) is 30.9 Å². The number of nitrogens with zero attached hydrogens (tertiary/aromatic N) is 2. The van der Waals surface area contributed by atoms with E-state index in [4.69, 9.17) is 16.3 Å². The number of carbonyl (C=O) groups is 7. The average molecular weight is 833 g/mol. The molecule has 2 aliphatic heterocycles. The molecule has 0 aromatic heterocycles. The third-order valence-corrected chi connectivity index (χ3v) is 11.3. The molecule has 2 aromatic rings. The molecule has 2 aromatic carbocycles. The Bertz CT molecular complexity index is 1770. The fraction of sp³-hybridized carbons (Fsp3) is 0.578. The first kappa shape index (κ1) is 47.7. The van der Waals surface area contributed by atoms with Crippen LogP contribution in [0.5, 0.6) is 0 Å². The maximum absolute atomic E-state index is 14.1. The van der Waals surface area contributed by atoms with Crippen molar-refractivity contribution in [1.82, 2.24) is 20.6 Å². The van der Waals surface area contributed by atoms with Crippen LogP contribution in [0.2, 0.25) is 0 Å². The van der Waals surface area contributed by atoms with Crippen LogP contribution in [-0.4, -0.2) is 109 Å². The Kier molecular flexibility index (Phi) is 19.3. The number of nitrogens with one attached hydrogen (secondary N) is 2. The van der Waals surface area contributed by atoms with E-state index in [-0.39, 0.29) is 36.9 Å². The summed E-state index contributed by atoms with van der Waals surface area (Å²) in [4.78, 5) is 98.8. The molecule has 2 aliphatic rings. The maximum atomic E-state index is 14.1. The topological polar surface area (TPSA) is 221 Å². The number of β-lactam (4-membered cyclic amide) rings is 1. The molecule has 4 rings (SSSR count). The van der Waals surface area contributed by atoms with Crippen molar-refractivity contribution in [2.75, 3.05) is 39.9 Å². The summed E-state index contributed by atoms with van der Waals surface area (Å²) in [5, 5.41) is 6.74. The number of rotatable bonds is 26. The molecule has 5 atom stereocenters. The lowest BCUT2D eigenvalue weighted by Gasteiger charge is -2.36. The summed E-state index contributed by atoms with van der Waals surface area (Å²) in [6.07, 6.45) is 7.18. The van der Waals surface area contributed by atoms with E-state index in [1.54, 1.807) is 19.1 Å². The zero-order valence-corrected chi connectivity index (χ0v) is 35.5. The lowest BCUT2D eigenvalue weighted by atomic mass is 9.90. The lowest BCUT2D eigenvalue weighted by Crippen LogP contribution is -2.54. The number of likely N-dealkylation sites (tertiary alicyclic amines) is 1. The molecule has 0 aliphatic carbocycles. The number of ether oxygens (including phenoxy) is 1. The number of hydrogen-bond donors (Lipinski definition) is 4. The largest absolute Gasteiger partial charge is 0.467 e. The molecule has 0 bridgehead atoms. The fourth-order valence-corrected chi connectivity index (χ4v) is 7.57. The summed E-state index contributed by atoms with van der Waals surface area (Å²) in [6.45, 7) is 4.64. The molecule has 0 unspecified atom stereocenters. The Labute approximate surface area is 353 Å². The van der Waals surface area contributed by atoms with E-state index < -0.39 is 60.3 Å². The van der Waals surface area contributed by atoms with Gasteiger partial charge in [0.15, 0.2) is 18.2 Å². The monoisotopic (exact) mass is 832 g/mol. The van der Waals surface area contributed by atoms with Crippen molar-refractivity contribution >= 4 is 41.2 Å². The number of unbranched alkanes of at least 4 members (excludes halogenated alkanes) is 3. The first-order valence-electron chi connectivity index (χ1n) is 21.5. The van der Waals surface area contributed by atoms with Crippen LogP contribution in [0.15, 0.2) is 48.5 Å². The van der Waals surface area contributed by atoms with Crippen LogP contribution in [0.4, 0.5) is 0 Å². The van der Waals surface area contributed by atoms with Crippen molar-refractivity contribution in [3.05, 3.63) is 59.7 Å². The summed E-state index contributed by atoms with van der Waals surface area (Å²) >= 11 is 0. The van der Waals surface area contributed by atoms with Crippen molar-refractivity contribution in [1.29, 1.82) is 0 Å². The number of carbonyl (C=O) groups excluding carboxylic acids is 7. The van der Waals surface area contributed by atoms with Gasteiger partial charge in [0.1, 0.15) is 6.04 Å². The molecule has 328 valence electrons. The van der Waals surface area contributed by atoms with E-state index in [0.717, 1.165) is 35.5 Å². The number of ketones is 2. The van der Waals surface area contributed by atoms with Crippen LogP contribution in [-0.2, 0) is 44.8 Å². The molecule has 60 heavy (non-hydrogen) atoms. The Balaban J connectivity index is 1.35. The van der Waals surface area contributed by atoms with Crippen molar-refractivity contribution in [3.63, 3.8) is 0 Å². The molecule has 2 saturated heterocycles. The molecule has 0 spiro atoms. The average Bonchev–Trinajstić information content (AvgIpc) is 3.76. The summed E-state index contributed by atoms with van der Waals surface area (Å²) in [5.74, 6) is -4.38. The van der Waals surface area contributed by atoms with E-state index in [1.807, 2.05) is 12.1 Å². The summed E-state index contributed by atoms with van der Waals surface area (Å²) in [5.41, 5.74) is 15.1. The van der Waals surface area contributed by atoms with Gasteiger partial charge in [0.2, 0.25) is 11.8 Å². The van der Waals surface area contributed by atoms with E-state index in [2.05, 4.69) is 46.6 Å². The Morgan fingerprint density at radius 1 is 0.850 bits per heavy atom. The van der Waals surface area contributed by atoms with E-state index in [9.17, 15) is 33.6 Å². The number of amides is 4. The van der Waals surface area contributed by atoms with Crippen LogP contribution < -0.4 is 22.1 Å². The highest BCUT2D eigenvalue weighted by Crippen LogP contribution is 2.26. The number of hydrogen-bond acceptors (Lipinski definition) is 11. The minimum absolute atomic E-state index is 0.117. The number of aryl methyl sites for hydroxylation is 1. The molecule has 4 amide bonds. The molecule has 6 N–H and O–H groups in total. The minimum Gasteiger partial charge on any atom is -0.467 e. The predicted molar refractivity (Wildman–Crippen MR) is 226 cm³/mol. The standard InChI is InChI=1S/C45H64N6O9/c1-4-5-11-31-15-17-32(18-16-31)33-19-21-34(22-20-33)43(56)49-37(13-7-9-24-47)45(58)50-25-10-14-38(50)40(53)26-30(2)42(55)48-36(12-6-8-23-46)39(52)27-35-28-51(44(35)57)60-29-41(54)59-3/h15-22,30,35-38H,4-14,23-29,46-47H2,1-3H3,(H,48,55)(H,49,56)/t30-,35-,36+,37+,38+/m1/s1. The first-order valence-corrected chi connectivity index (χ1v) is 21.5. The molecular formula is C45H64N6O9. The van der Waals surface area contributed by atoms with E-state index in [0.29, 0.717) is 76.6 Å². The summed E-state index contributed by atoms with van der Waals surface area (Å²) in [6, 6.07) is 13.2. The quantitative estimate of drug-likeness (QED) is 0.0609. The van der Waals surface area contributed by atoms with Crippen LogP contribution in [0.25, 0.3) is 11.1 Å². The third-order valence-electron chi connectivity index (χ3n) is 11.3. The van der Waals surface area contributed by atoms with Gasteiger partial charge >= 0.3 is 5.97 Å². The van der Waals surface area contributed by atoms with Gasteiger partial charge in [-0.2, -0.15) is 0 Å². The van der Waals surface area contributed by atoms with Crippen molar-refractivity contribution in [2.45, 2.75) is 115 Å². The van der Waals surface area contributed by atoms with Gasteiger partial charge in [-0.05, 0) is 106 Å². The van der Waals surface area contributed by atoms with Crippen molar-refractivity contribution in [3.8, 4) is 11.1 Å².